The maximum Gasteiger partial charge on any atom is 0.453 e. The first kappa shape index (κ1) is 8.98. The van der Waals surface area contributed by atoms with Crippen molar-refractivity contribution in [1.29, 1.82) is 0 Å². The number of rotatable bonds is 0. The van der Waals surface area contributed by atoms with E-state index < -0.39 is 12.0 Å². The lowest BCUT2D eigenvalue weighted by atomic mass is 10.3. The number of halogens is 3. The molecule has 0 amide bonds. The molecule has 0 bridgehead atoms. The average molecular weight is 201 g/mol. The van der Waals surface area contributed by atoms with E-state index in [0.717, 1.165) is 10.1 Å². The molecule has 14 heavy (non-hydrogen) atoms. The van der Waals surface area contributed by atoms with Gasteiger partial charge in [-0.1, -0.05) is 6.07 Å². The number of nitrogens with zero attached hydrogens (tertiary/aromatic N) is 3. The van der Waals surface area contributed by atoms with E-state index in [1.165, 1.54) is 12.3 Å². The second-order valence-electron chi connectivity index (χ2n) is 2.94. The van der Waals surface area contributed by atoms with Gasteiger partial charge in [-0.05, 0) is 18.6 Å². The number of pyridine rings is 1. The molecule has 2 rings (SSSR count). The summed E-state index contributed by atoms with van der Waals surface area (Å²) in [6.45, 7) is 1.77. The molecule has 0 radical (unpaired) electrons. The van der Waals surface area contributed by atoms with E-state index in [4.69, 9.17) is 0 Å². The molecule has 0 aliphatic carbocycles. The molecule has 0 spiro atoms. The molecule has 2 aromatic rings. The molecule has 0 unspecified atom stereocenters. The SMILES string of the molecule is Cc1ccc2nc(C(F)(F)F)nn2c1. The number of alkyl halides is 3. The van der Waals surface area contributed by atoms with Crippen LogP contribution in [0, 0.1) is 6.92 Å². The lowest BCUT2D eigenvalue weighted by Gasteiger charge is -1.96. The summed E-state index contributed by atoms with van der Waals surface area (Å²) >= 11 is 0. The molecule has 6 heteroatoms. The van der Waals surface area contributed by atoms with Gasteiger partial charge in [-0.2, -0.15) is 13.2 Å². The first-order valence-corrected chi connectivity index (χ1v) is 3.87. The zero-order valence-electron chi connectivity index (χ0n) is 7.21. The predicted octanol–water partition coefficient (Wildman–Crippen LogP) is 2.06. The molecule has 2 aromatic heterocycles. The highest BCUT2D eigenvalue weighted by Gasteiger charge is 2.36. The van der Waals surface area contributed by atoms with Gasteiger partial charge < -0.3 is 0 Å². The van der Waals surface area contributed by atoms with E-state index in [9.17, 15) is 13.2 Å². The van der Waals surface area contributed by atoms with Crippen molar-refractivity contribution in [3.05, 3.63) is 29.7 Å². The molecule has 0 N–H and O–H groups in total. The van der Waals surface area contributed by atoms with Crippen molar-refractivity contribution in [3.8, 4) is 0 Å². The van der Waals surface area contributed by atoms with Crippen molar-refractivity contribution in [2.45, 2.75) is 13.1 Å². The van der Waals surface area contributed by atoms with Gasteiger partial charge in [0, 0.05) is 6.20 Å². The maximum absolute atomic E-state index is 12.2. The highest BCUT2D eigenvalue weighted by molar-refractivity contribution is 5.38. The smallest absolute Gasteiger partial charge is 0.220 e. The Morgan fingerprint density at radius 1 is 1.29 bits per heavy atom. The van der Waals surface area contributed by atoms with Crippen molar-refractivity contribution in [2.75, 3.05) is 0 Å². The number of fused-ring (bicyclic) bond motifs is 1. The summed E-state index contributed by atoms with van der Waals surface area (Å²) in [6.07, 6.45) is -2.99. The quantitative estimate of drug-likeness (QED) is 0.653. The molecule has 0 saturated heterocycles. The predicted molar refractivity (Wildman–Crippen MR) is 42.7 cm³/mol. The summed E-state index contributed by atoms with van der Waals surface area (Å²) in [7, 11) is 0. The van der Waals surface area contributed by atoms with Crippen LogP contribution in [-0.4, -0.2) is 14.6 Å². The van der Waals surface area contributed by atoms with Crippen molar-refractivity contribution in [1.82, 2.24) is 14.6 Å². The van der Waals surface area contributed by atoms with Crippen LogP contribution in [0.3, 0.4) is 0 Å². The average Bonchev–Trinajstić information content (AvgIpc) is 2.45. The fourth-order valence-corrected chi connectivity index (χ4v) is 1.11. The molecule has 0 aromatic carbocycles. The summed E-state index contributed by atoms with van der Waals surface area (Å²) in [6, 6.07) is 3.18. The van der Waals surface area contributed by atoms with Crippen LogP contribution in [0.5, 0.6) is 0 Å². The Balaban J connectivity index is 2.63. The standard InChI is InChI=1S/C8H6F3N3/c1-5-2-3-6-12-7(8(9,10)11)13-14(6)4-5/h2-4H,1H3. The van der Waals surface area contributed by atoms with Crippen LogP contribution in [-0.2, 0) is 6.18 Å². The normalized spacial score (nSPS) is 12.3. The second kappa shape index (κ2) is 2.70. The van der Waals surface area contributed by atoms with Gasteiger partial charge in [-0.25, -0.2) is 9.50 Å². The number of aromatic nitrogens is 3. The Hall–Kier alpha value is -1.59. The molecular formula is C8H6F3N3. The van der Waals surface area contributed by atoms with E-state index in [-0.39, 0.29) is 5.65 Å². The van der Waals surface area contributed by atoms with E-state index in [2.05, 4.69) is 10.1 Å². The van der Waals surface area contributed by atoms with Gasteiger partial charge >= 0.3 is 6.18 Å². The minimum absolute atomic E-state index is 0.197. The van der Waals surface area contributed by atoms with E-state index in [0.29, 0.717) is 0 Å². The maximum atomic E-state index is 12.2. The lowest BCUT2D eigenvalue weighted by Crippen LogP contribution is -2.07. The first-order valence-electron chi connectivity index (χ1n) is 3.87. The fraction of sp³-hybridized carbons (Fsp3) is 0.250. The van der Waals surface area contributed by atoms with Crippen LogP contribution in [0.2, 0.25) is 0 Å². The van der Waals surface area contributed by atoms with Crippen LogP contribution in [0.15, 0.2) is 18.3 Å². The summed E-state index contributed by atoms with van der Waals surface area (Å²) in [4.78, 5) is 3.35. The summed E-state index contributed by atoms with van der Waals surface area (Å²) in [5.74, 6) is -1.11. The monoisotopic (exact) mass is 201 g/mol. The van der Waals surface area contributed by atoms with Crippen LogP contribution in [0.4, 0.5) is 13.2 Å². The Bertz CT molecular complexity index is 472. The summed E-state index contributed by atoms with van der Waals surface area (Å²) < 4.78 is 37.7. The minimum atomic E-state index is -4.49. The van der Waals surface area contributed by atoms with Crippen molar-refractivity contribution in [3.63, 3.8) is 0 Å². The van der Waals surface area contributed by atoms with Gasteiger partial charge in [-0.15, -0.1) is 5.10 Å². The number of hydrogen-bond donors (Lipinski definition) is 0. The Morgan fingerprint density at radius 3 is 2.64 bits per heavy atom. The third kappa shape index (κ3) is 1.43. The highest BCUT2D eigenvalue weighted by atomic mass is 19.4. The zero-order chi connectivity index (χ0) is 10.3. The molecule has 0 aliphatic rings. The van der Waals surface area contributed by atoms with Gasteiger partial charge in [0.1, 0.15) is 0 Å². The number of aryl methyl sites for hydroxylation is 1. The molecule has 0 fully saturated rings. The first-order chi connectivity index (χ1) is 6.47. The summed E-state index contributed by atoms with van der Waals surface area (Å²) in [5.41, 5.74) is 1.03. The van der Waals surface area contributed by atoms with Gasteiger partial charge in [0.05, 0.1) is 0 Å². The zero-order valence-corrected chi connectivity index (χ0v) is 7.21. The van der Waals surface area contributed by atoms with Crippen molar-refractivity contribution < 1.29 is 13.2 Å². The Labute approximate surface area is 77.2 Å². The third-order valence-corrected chi connectivity index (χ3v) is 1.73. The van der Waals surface area contributed by atoms with Crippen LogP contribution in [0.25, 0.3) is 5.65 Å². The molecule has 0 aliphatic heterocycles. The Morgan fingerprint density at radius 2 is 2.00 bits per heavy atom. The summed E-state index contributed by atoms with van der Waals surface area (Å²) in [5, 5.41) is 3.33. The van der Waals surface area contributed by atoms with Gasteiger partial charge in [0.2, 0.25) is 0 Å². The van der Waals surface area contributed by atoms with Crippen LogP contribution >= 0.6 is 0 Å². The topological polar surface area (TPSA) is 30.2 Å². The van der Waals surface area contributed by atoms with Gasteiger partial charge in [0.15, 0.2) is 5.65 Å². The largest absolute Gasteiger partial charge is 0.453 e. The molecule has 0 atom stereocenters. The van der Waals surface area contributed by atoms with E-state index in [1.54, 1.807) is 13.0 Å². The highest BCUT2D eigenvalue weighted by Crippen LogP contribution is 2.26. The molecule has 2 heterocycles. The van der Waals surface area contributed by atoms with Crippen molar-refractivity contribution >= 4 is 5.65 Å². The van der Waals surface area contributed by atoms with Crippen LogP contribution in [0.1, 0.15) is 11.4 Å². The molecule has 3 nitrogen and oxygen atoms in total. The van der Waals surface area contributed by atoms with Gasteiger partial charge in [-0.3, -0.25) is 0 Å². The third-order valence-electron chi connectivity index (χ3n) is 1.73. The second-order valence-corrected chi connectivity index (χ2v) is 2.94. The molecule has 74 valence electrons. The fourth-order valence-electron chi connectivity index (χ4n) is 1.11. The number of hydrogen-bond acceptors (Lipinski definition) is 2. The van der Waals surface area contributed by atoms with Gasteiger partial charge in [0.25, 0.3) is 5.82 Å². The molecule has 0 saturated carbocycles. The lowest BCUT2D eigenvalue weighted by molar-refractivity contribution is -0.144. The van der Waals surface area contributed by atoms with E-state index >= 15 is 0 Å². The molecular weight excluding hydrogens is 195 g/mol. The van der Waals surface area contributed by atoms with E-state index in [1.807, 2.05) is 0 Å². The minimum Gasteiger partial charge on any atom is -0.220 e. The Kier molecular flexibility index (Phi) is 1.73. The van der Waals surface area contributed by atoms with Crippen LogP contribution < -0.4 is 0 Å². The van der Waals surface area contributed by atoms with Crippen molar-refractivity contribution in [2.24, 2.45) is 0 Å².